The second-order valence-corrected chi connectivity index (χ2v) is 4.91. The number of ether oxygens (including phenoxy) is 1. The van der Waals surface area contributed by atoms with Crippen LogP contribution in [0.3, 0.4) is 0 Å². The van der Waals surface area contributed by atoms with Gasteiger partial charge in [-0.3, -0.25) is 20.0 Å². The molecule has 0 saturated heterocycles. The molecule has 2 aromatic rings. The Hall–Kier alpha value is -3.03. The third kappa shape index (κ3) is 1.96. The molecular formula is C14H14N4O4. The van der Waals surface area contributed by atoms with Gasteiger partial charge in [0.1, 0.15) is 11.7 Å². The van der Waals surface area contributed by atoms with E-state index < -0.39 is 10.8 Å². The molecular weight excluding hydrogens is 288 g/mol. The number of aromatic amines is 2. The van der Waals surface area contributed by atoms with Crippen molar-refractivity contribution in [2.24, 2.45) is 0 Å². The molecule has 0 saturated carbocycles. The predicted octanol–water partition coefficient (Wildman–Crippen LogP) is 1.20. The first-order valence-electron chi connectivity index (χ1n) is 6.64. The number of nitrogens with one attached hydrogen (secondary N) is 3. The fourth-order valence-electron chi connectivity index (χ4n) is 2.72. The Morgan fingerprint density at radius 2 is 2.05 bits per heavy atom. The van der Waals surface area contributed by atoms with E-state index in [0.29, 0.717) is 22.6 Å². The van der Waals surface area contributed by atoms with Crippen LogP contribution in [0.4, 0.5) is 0 Å². The quantitative estimate of drug-likeness (QED) is 0.582. The number of fused-ring (bicyclic) bond motifs is 1. The summed E-state index contributed by atoms with van der Waals surface area (Å²) in [6.45, 7) is 1.70. The van der Waals surface area contributed by atoms with E-state index in [1.807, 2.05) is 0 Å². The highest BCUT2D eigenvalue weighted by Crippen LogP contribution is 2.42. The zero-order valence-corrected chi connectivity index (χ0v) is 12.0. The zero-order valence-electron chi connectivity index (χ0n) is 12.0. The van der Waals surface area contributed by atoms with Gasteiger partial charge in [0, 0.05) is 18.3 Å². The molecule has 1 aliphatic heterocycles. The van der Waals surface area contributed by atoms with Crippen LogP contribution in [0.2, 0.25) is 0 Å². The molecule has 1 atom stereocenters. The monoisotopic (exact) mass is 302 g/mol. The summed E-state index contributed by atoms with van der Waals surface area (Å²) in [6, 6.07) is 6.97. The van der Waals surface area contributed by atoms with Crippen LogP contribution in [0.25, 0.3) is 0 Å². The second-order valence-electron chi connectivity index (χ2n) is 4.91. The number of nitro groups is 1. The molecule has 2 heterocycles. The third-order valence-electron chi connectivity index (χ3n) is 3.67. The van der Waals surface area contributed by atoms with E-state index in [4.69, 9.17) is 4.74 Å². The molecule has 3 rings (SSSR count). The SMILES string of the molecule is CNC1=C([N+](=O)[O-])C(c2c(C)[nH][nH]c2=O)c2ccccc2O1. The van der Waals surface area contributed by atoms with Gasteiger partial charge in [-0.1, -0.05) is 18.2 Å². The average Bonchev–Trinajstić information content (AvgIpc) is 2.84. The van der Waals surface area contributed by atoms with Crippen LogP contribution in [0.15, 0.2) is 40.6 Å². The molecule has 1 unspecified atom stereocenters. The Kier molecular flexibility index (Phi) is 3.21. The summed E-state index contributed by atoms with van der Waals surface area (Å²) >= 11 is 0. The molecule has 8 heteroatoms. The van der Waals surface area contributed by atoms with Crippen molar-refractivity contribution < 1.29 is 9.66 Å². The van der Waals surface area contributed by atoms with Gasteiger partial charge in [-0.15, -0.1) is 0 Å². The van der Waals surface area contributed by atoms with E-state index >= 15 is 0 Å². The highest BCUT2D eigenvalue weighted by molar-refractivity contribution is 5.50. The van der Waals surface area contributed by atoms with Crippen molar-refractivity contribution in [3.63, 3.8) is 0 Å². The third-order valence-corrected chi connectivity index (χ3v) is 3.67. The molecule has 1 aliphatic rings. The smallest absolute Gasteiger partial charge is 0.317 e. The Labute approximate surface area is 124 Å². The summed E-state index contributed by atoms with van der Waals surface area (Å²) in [4.78, 5) is 23.2. The molecule has 0 fully saturated rings. The minimum atomic E-state index is -0.808. The van der Waals surface area contributed by atoms with Crippen molar-refractivity contribution in [3.05, 3.63) is 73.1 Å². The number of aromatic nitrogens is 2. The fraction of sp³-hybridized carbons (Fsp3) is 0.214. The molecule has 8 nitrogen and oxygen atoms in total. The number of rotatable bonds is 3. The molecule has 3 N–H and O–H groups in total. The van der Waals surface area contributed by atoms with E-state index in [2.05, 4.69) is 15.5 Å². The van der Waals surface area contributed by atoms with Gasteiger partial charge in [-0.25, -0.2) is 0 Å². The van der Waals surface area contributed by atoms with Gasteiger partial charge >= 0.3 is 5.70 Å². The number of H-pyrrole nitrogens is 2. The van der Waals surface area contributed by atoms with Crippen molar-refractivity contribution in [2.45, 2.75) is 12.8 Å². The van der Waals surface area contributed by atoms with E-state index in [0.717, 1.165) is 0 Å². The molecule has 0 bridgehead atoms. The van der Waals surface area contributed by atoms with E-state index in [1.165, 1.54) is 7.05 Å². The predicted molar refractivity (Wildman–Crippen MR) is 78.1 cm³/mol. The van der Waals surface area contributed by atoms with Crippen molar-refractivity contribution in [2.75, 3.05) is 7.05 Å². The average molecular weight is 302 g/mol. The number of aryl methyl sites for hydroxylation is 1. The standard InChI is InChI=1S/C14H14N4O4/c1-7-10(13(19)17-16-7)11-8-5-3-4-6-9(8)22-14(15-2)12(11)18(20)21/h3-6,11,15H,1-2H3,(H2,16,17,19). The second kappa shape index (κ2) is 5.06. The molecule has 0 radical (unpaired) electrons. The number of hydrogen-bond donors (Lipinski definition) is 3. The Bertz CT molecular complexity index is 833. The van der Waals surface area contributed by atoms with Gasteiger partial charge in [0.15, 0.2) is 0 Å². The highest BCUT2D eigenvalue weighted by Gasteiger charge is 2.41. The largest absolute Gasteiger partial charge is 0.435 e. The summed E-state index contributed by atoms with van der Waals surface area (Å²) in [5.74, 6) is -0.284. The number of benzene rings is 1. The van der Waals surface area contributed by atoms with E-state index in [9.17, 15) is 14.9 Å². The highest BCUT2D eigenvalue weighted by atomic mass is 16.6. The molecule has 0 spiro atoms. The summed E-state index contributed by atoms with van der Waals surface area (Å²) in [5.41, 5.74) is 0.890. The van der Waals surface area contributed by atoms with Gasteiger partial charge in [0.2, 0.25) is 0 Å². The first-order chi connectivity index (χ1) is 10.5. The van der Waals surface area contributed by atoms with Gasteiger partial charge in [0.05, 0.1) is 10.5 Å². The zero-order chi connectivity index (χ0) is 15.9. The lowest BCUT2D eigenvalue weighted by molar-refractivity contribution is -0.432. The van der Waals surface area contributed by atoms with Crippen molar-refractivity contribution >= 4 is 0 Å². The summed E-state index contributed by atoms with van der Waals surface area (Å²) in [6.07, 6.45) is 0. The van der Waals surface area contributed by atoms with Crippen LogP contribution >= 0.6 is 0 Å². The molecule has 22 heavy (non-hydrogen) atoms. The normalized spacial score (nSPS) is 16.9. The minimum Gasteiger partial charge on any atom is -0.435 e. The first-order valence-corrected chi connectivity index (χ1v) is 6.64. The topological polar surface area (TPSA) is 113 Å². The van der Waals surface area contributed by atoms with Crippen LogP contribution in [0, 0.1) is 17.0 Å². The maximum absolute atomic E-state index is 12.1. The number of para-hydroxylation sites is 1. The lowest BCUT2D eigenvalue weighted by Gasteiger charge is -2.24. The molecule has 114 valence electrons. The lowest BCUT2D eigenvalue weighted by Crippen LogP contribution is -2.29. The maximum Gasteiger partial charge on any atom is 0.317 e. The molecule has 0 amide bonds. The van der Waals surface area contributed by atoms with Gasteiger partial charge in [-0.05, 0) is 13.0 Å². The van der Waals surface area contributed by atoms with Crippen molar-refractivity contribution in [1.82, 2.24) is 15.5 Å². The molecule has 0 aliphatic carbocycles. The van der Waals surface area contributed by atoms with Crippen LogP contribution in [-0.4, -0.2) is 22.2 Å². The van der Waals surface area contributed by atoms with Gasteiger partial charge in [0.25, 0.3) is 11.4 Å². The van der Waals surface area contributed by atoms with Crippen molar-refractivity contribution in [3.8, 4) is 5.75 Å². The summed E-state index contributed by atoms with van der Waals surface area (Å²) in [5, 5.41) is 19.5. The van der Waals surface area contributed by atoms with Crippen molar-refractivity contribution in [1.29, 1.82) is 0 Å². The summed E-state index contributed by atoms with van der Waals surface area (Å²) in [7, 11) is 1.54. The minimum absolute atomic E-state index is 0.0358. The lowest BCUT2D eigenvalue weighted by atomic mass is 9.87. The van der Waals surface area contributed by atoms with Crippen LogP contribution in [0.5, 0.6) is 5.75 Å². The summed E-state index contributed by atoms with van der Waals surface area (Å²) < 4.78 is 5.57. The van der Waals surface area contributed by atoms with Crippen LogP contribution in [-0.2, 0) is 0 Å². The number of allylic oxidation sites excluding steroid dienone is 1. The van der Waals surface area contributed by atoms with E-state index in [1.54, 1.807) is 31.2 Å². The Morgan fingerprint density at radius 1 is 1.32 bits per heavy atom. The maximum atomic E-state index is 12.1. The Morgan fingerprint density at radius 3 is 2.64 bits per heavy atom. The fourth-order valence-corrected chi connectivity index (χ4v) is 2.72. The van der Waals surface area contributed by atoms with Crippen LogP contribution in [0.1, 0.15) is 22.7 Å². The van der Waals surface area contributed by atoms with E-state index in [-0.39, 0.29) is 17.1 Å². The van der Waals surface area contributed by atoms with Gasteiger partial charge < -0.3 is 15.2 Å². The Balaban J connectivity index is 2.34. The number of hydrogen-bond acceptors (Lipinski definition) is 5. The van der Waals surface area contributed by atoms with Gasteiger partial charge in [-0.2, -0.15) is 0 Å². The first kappa shape index (κ1) is 13.9. The molecule has 1 aromatic heterocycles. The molecule has 1 aromatic carbocycles. The van der Waals surface area contributed by atoms with Crippen LogP contribution < -0.4 is 15.6 Å². The number of nitrogens with zero attached hydrogens (tertiary/aromatic N) is 1.